The van der Waals surface area contributed by atoms with E-state index in [0.717, 1.165) is 0 Å². The van der Waals surface area contributed by atoms with Crippen LogP contribution in [0.25, 0.3) is 0 Å². The third-order valence-electron chi connectivity index (χ3n) is 3.76. The summed E-state index contributed by atoms with van der Waals surface area (Å²) in [7, 11) is 2.62. The van der Waals surface area contributed by atoms with Crippen LogP contribution in [0.4, 0.5) is 4.39 Å². The Labute approximate surface area is 145 Å². The summed E-state index contributed by atoms with van der Waals surface area (Å²) in [5.74, 6) is -1.60. The van der Waals surface area contributed by atoms with Crippen molar-refractivity contribution < 1.29 is 23.5 Å². The van der Waals surface area contributed by atoms with Crippen molar-refractivity contribution in [2.75, 3.05) is 14.2 Å². The molecule has 25 heavy (non-hydrogen) atoms. The number of esters is 1. The molecule has 0 saturated heterocycles. The molecule has 6 heteroatoms. The molecule has 1 amide bonds. The molecule has 0 radical (unpaired) electrons. The molecule has 0 aliphatic heterocycles. The Kier molecular flexibility index (Phi) is 6.65. The third kappa shape index (κ3) is 4.87. The molecular weight excluding hydrogens is 325 g/mol. The second-order valence-corrected chi connectivity index (χ2v) is 5.41. The average Bonchev–Trinajstić information content (AvgIpc) is 2.63. The van der Waals surface area contributed by atoms with E-state index in [1.165, 1.54) is 20.3 Å². The standard InChI is InChI=1S/C19H20FNO4/c1-24-17(13-8-4-3-5-9-13)18(22)21-16(19(23)25-2)12-14-10-6-7-11-15(14)20/h3-11,16-17H,12H2,1-2H3,(H,21,22)/t16-,17+/m0/s1. The van der Waals surface area contributed by atoms with Crippen LogP contribution in [0.15, 0.2) is 54.6 Å². The maximum atomic E-state index is 13.9. The zero-order valence-corrected chi connectivity index (χ0v) is 14.1. The van der Waals surface area contributed by atoms with E-state index in [0.29, 0.717) is 11.1 Å². The predicted molar refractivity (Wildman–Crippen MR) is 90.2 cm³/mol. The van der Waals surface area contributed by atoms with Gasteiger partial charge in [-0.1, -0.05) is 48.5 Å². The van der Waals surface area contributed by atoms with Crippen LogP contribution in [-0.4, -0.2) is 32.1 Å². The molecule has 132 valence electrons. The monoisotopic (exact) mass is 345 g/mol. The van der Waals surface area contributed by atoms with Gasteiger partial charge < -0.3 is 14.8 Å². The number of ether oxygens (including phenoxy) is 2. The van der Waals surface area contributed by atoms with Gasteiger partial charge in [-0.3, -0.25) is 4.79 Å². The molecule has 2 aromatic rings. The molecule has 0 aliphatic carbocycles. The number of carbonyl (C=O) groups excluding carboxylic acids is 2. The Hall–Kier alpha value is -2.73. The van der Waals surface area contributed by atoms with Crippen molar-refractivity contribution in [1.29, 1.82) is 0 Å². The van der Waals surface area contributed by atoms with E-state index in [1.54, 1.807) is 42.5 Å². The number of hydrogen-bond acceptors (Lipinski definition) is 4. The molecule has 5 nitrogen and oxygen atoms in total. The summed E-state index contributed by atoms with van der Waals surface area (Å²) in [6.07, 6.45) is -0.898. The molecular formula is C19H20FNO4. The summed E-state index contributed by atoms with van der Waals surface area (Å²) in [6.45, 7) is 0. The second kappa shape index (κ2) is 8.94. The van der Waals surface area contributed by atoms with Crippen LogP contribution in [0.1, 0.15) is 17.2 Å². The summed E-state index contributed by atoms with van der Waals surface area (Å²) in [6, 6.07) is 13.9. The van der Waals surface area contributed by atoms with Gasteiger partial charge in [0.2, 0.25) is 0 Å². The number of rotatable bonds is 7. The van der Waals surface area contributed by atoms with Crippen molar-refractivity contribution in [1.82, 2.24) is 5.32 Å². The Bertz CT molecular complexity index is 720. The Morgan fingerprint density at radius 3 is 2.28 bits per heavy atom. The molecule has 0 unspecified atom stereocenters. The minimum absolute atomic E-state index is 0.0175. The fourth-order valence-corrected chi connectivity index (χ4v) is 2.49. The highest BCUT2D eigenvalue weighted by molar-refractivity contribution is 5.87. The first kappa shape index (κ1) is 18.6. The third-order valence-corrected chi connectivity index (χ3v) is 3.76. The highest BCUT2D eigenvalue weighted by Crippen LogP contribution is 2.17. The van der Waals surface area contributed by atoms with E-state index in [1.807, 2.05) is 6.07 Å². The van der Waals surface area contributed by atoms with Gasteiger partial charge in [-0.25, -0.2) is 9.18 Å². The highest BCUT2D eigenvalue weighted by Gasteiger charge is 2.28. The lowest BCUT2D eigenvalue weighted by molar-refractivity contribution is -0.146. The molecule has 2 aromatic carbocycles. The number of carbonyl (C=O) groups is 2. The van der Waals surface area contributed by atoms with E-state index < -0.39 is 29.8 Å². The van der Waals surface area contributed by atoms with Gasteiger partial charge in [0.1, 0.15) is 11.9 Å². The van der Waals surface area contributed by atoms with Gasteiger partial charge in [0.05, 0.1) is 7.11 Å². The van der Waals surface area contributed by atoms with Crippen LogP contribution >= 0.6 is 0 Å². The van der Waals surface area contributed by atoms with Crippen molar-refractivity contribution in [3.05, 3.63) is 71.5 Å². The van der Waals surface area contributed by atoms with Gasteiger partial charge in [-0.05, 0) is 17.2 Å². The van der Waals surface area contributed by atoms with Crippen molar-refractivity contribution in [3.63, 3.8) is 0 Å². The maximum Gasteiger partial charge on any atom is 0.328 e. The molecule has 0 heterocycles. The van der Waals surface area contributed by atoms with Crippen LogP contribution < -0.4 is 5.32 Å². The van der Waals surface area contributed by atoms with E-state index in [4.69, 9.17) is 9.47 Å². The number of amides is 1. The lowest BCUT2D eigenvalue weighted by Gasteiger charge is -2.21. The van der Waals surface area contributed by atoms with Crippen molar-refractivity contribution in [3.8, 4) is 0 Å². The summed E-state index contributed by atoms with van der Waals surface area (Å²) in [4.78, 5) is 24.6. The normalized spacial score (nSPS) is 12.9. The molecule has 0 aromatic heterocycles. The van der Waals surface area contributed by atoms with Gasteiger partial charge in [-0.15, -0.1) is 0 Å². The largest absolute Gasteiger partial charge is 0.467 e. The Balaban J connectivity index is 2.17. The molecule has 0 bridgehead atoms. The highest BCUT2D eigenvalue weighted by atomic mass is 19.1. The van der Waals surface area contributed by atoms with E-state index in [2.05, 4.69) is 5.32 Å². The van der Waals surface area contributed by atoms with Crippen LogP contribution in [0.2, 0.25) is 0 Å². The Morgan fingerprint density at radius 1 is 1.04 bits per heavy atom. The van der Waals surface area contributed by atoms with Gasteiger partial charge in [0, 0.05) is 13.5 Å². The Morgan fingerprint density at radius 2 is 1.68 bits per heavy atom. The minimum Gasteiger partial charge on any atom is -0.467 e. The van der Waals surface area contributed by atoms with Crippen LogP contribution in [0.5, 0.6) is 0 Å². The molecule has 0 spiro atoms. The zero-order chi connectivity index (χ0) is 18.2. The number of benzene rings is 2. The number of nitrogens with one attached hydrogen (secondary N) is 1. The predicted octanol–water partition coefficient (Wildman–Crippen LogP) is 2.41. The fourth-order valence-electron chi connectivity index (χ4n) is 2.49. The fraction of sp³-hybridized carbons (Fsp3) is 0.263. The first-order valence-electron chi connectivity index (χ1n) is 7.76. The van der Waals surface area contributed by atoms with Crippen molar-refractivity contribution in [2.24, 2.45) is 0 Å². The summed E-state index contributed by atoms with van der Waals surface area (Å²) >= 11 is 0. The second-order valence-electron chi connectivity index (χ2n) is 5.41. The molecule has 2 atom stereocenters. The molecule has 2 rings (SSSR count). The zero-order valence-electron chi connectivity index (χ0n) is 14.1. The summed E-state index contributed by atoms with van der Waals surface area (Å²) < 4.78 is 23.8. The number of hydrogen-bond donors (Lipinski definition) is 1. The van der Waals surface area contributed by atoms with Crippen LogP contribution in [0.3, 0.4) is 0 Å². The molecule has 0 aliphatic rings. The lowest BCUT2D eigenvalue weighted by Crippen LogP contribution is -2.45. The molecule has 0 saturated carbocycles. The SMILES string of the molecule is COC(=O)[C@H](Cc1ccccc1F)NC(=O)[C@H](OC)c1ccccc1. The number of halogens is 1. The summed E-state index contributed by atoms with van der Waals surface area (Å²) in [5.41, 5.74) is 0.962. The maximum absolute atomic E-state index is 13.9. The average molecular weight is 345 g/mol. The van der Waals surface area contributed by atoms with Gasteiger partial charge >= 0.3 is 5.97 Å². The topological polar surface area (TPSA) is 64.6 Å². The molecule has 0 fully saturated rings. The van der Waals surface area contributed by atoms with Gasteiger partial charge in [0.15, 0.2) is 6.10 Å². The quantitative estimate of drug-likeness (QED) is 0.783. The van der Waals surface area contributed by atoms with Crippen LogP contribution in [0, 0.1) is 5.82 Å². The lowest BCUT2D eigenvalue weighted by atomic mass is 10.0. The van der Waals surface area contributed by atoms with E-state index >= 15 is 0 Å². The first-order chi connectivity index (χ1) is 12.1. The van der Waals surface area contributed by atoms with E-state index in [9.17, 15) is 14.0 Å². The van der Waals surface area contributed by atoms with Crippen LogP contribution in [-0.2, 0) is 25.5 Å². The minimum atomic E-state index is -1.02. The first-order valence-corrected chi connectivity index (χ1v) is 7.76. The summed E-state index contributed by atoms with van der Waals surface area (Å²) in [5, 5.41) is 2.59. The van der Waals surface area contributed by atoms with Gasteiger partial charge in [-0.2, -0.15) is 0 Å². The van der Waals surface area contributed by atoms with Crippen molar-refractivity contribution >= 4 is 11.9 Å². The van der Waals surface area contributed by atoms with Gasteiger partial charge in [0.25, 0.3) is 5.91 Å². The number of methoxy groups -OCH3 is 2. The smallest absolute Gasteiger partial charge is 0.328 e. The van der Waals surface area contributed by atoms with Crippen molar-refractivity contribution in [2.45, 2.75) is 18.6 Å². The van der Waals surface area contributed by atoms with E-state index in [-0.39, 0.29) is 6.42 Å². The molecule has 1 N–H and O–H groups in total.